The van der Waals surface area contributed by atoms with Gasteiger partial charge in [0.2, 0.25) is 0 Å². The van der Waals surface area contributed by atoms with Gasteiger partial charge >= 0.3 is 0 Å². The quantitative estimate of drug-likeness (QED) is 0.569. The van der Waals surface area contributed by atoms with Gasteiger partial charge < -0.3 is 9.59 Å². The van der Waals surface area contributed by atoms with Gasteiger partial charge in [0.1, 0.15) is 0 Å². The first-order chi connectivity index (χ1) is 5.62. The van der Waals surface area contributed by atoms with Crippen LogP contribution in [0.15, 0.2) is 23.3 Å². The number of hydrogen-bond acceptors (Lipinski definition) is 1. The van der Waals surface area contributed by atoms with E-state index in [1.165, 1.54) is 0 Å². The number of quaternary nitrogens is 1. The lowest BCUT2D eigenvalue weighted by Gasteiger charge is -2.24. The Hall–Kier alpha value is -0.120. The molecule has 0 aliphatic rings. The average Bonchev–Trinajstić information content (AvgIpc) is 2.01. The highest BCUT2D eigenvalue weighted by atomic mass is 79.9. The first-order valence-corrected chi connectivity index (χ1v) is 4.92. The van der Waals surface area contributed by atoms with Gasteiger partial charge in [-0.15, -0.1) is 0 Å². The smallest absolute Gasteiger partial charge is 0.0954 e. The Labute approximate surface area is 82.9 Å². The van der Waals surface area contributed by atoms with Crippen molar-refractivity contribution < 1.29 is 9.59 Å². The summed E-state index contributed by atoms with van der Waals surface area (Å²) in [5.41, 5.74) is 0. The zero-order valence-corrected chi connectivity index (χ0v) is 9.29. The number of aliphatic hydroxyl groups excluding tert-OH is 1. The van der Waals surface area contributed by atoms with E-state index < -0.39 is 0 Å². The Kier molecular flexibility index (Phi) is 6.34. The Morgan fingerprint density at radius 2 is 2.00 bits per heavy atom. The molecule has 12 heavy (non-hydrogen) atoms. The maximum absolute atomic E-state index is 8.65. The molecule has 2 nitrogen and oxygen atoms in total. The highest BCUT2D eigenvalue weighted by molar-refractivity contribution is 9.11. The molecular weight excluding hydrogens is 218 g/mol. The minimum Gasteiger partial charge on any atom is -0.396 e. The fourth-order valence-electron chi connectivity index (χ4n) is 0.877. The lowest BCUT2D eigenvalue weighted by atomic mass is 10.4. The van der Waals surface area contributed by atoms with Crippen molar-refractivity contribution in [2.75, 3.05) is 27.2 Å². The van der Waals surface area contributed by atoms with Crippen molar-refractivity contribution in [1.82, 2.24) is 0 Å². The average molecular weight is 235 g/mol. The van der Waals surface area contributed by atoms with Gasteiger partial charge in [-0.25, -0.2) is 0 Å². The van der Waals surface area contributed by atoms with Gasteiger partial charge in [0.25, 0.3) is 0 Å². The standard InChI is InChI=1S/C9H17BrNO/c1-11(2,8-5-9-12)7-4-3-6-10/h3-4,6-7,12H,5,8-9H2,1-2H3/q+1/b6-3+,7-4+. The van der Waals surface area contributed by atoms with Crippen LogP contribution >= 0.6 is 15.9 Å². The molecule has 0 saturated heterocycles. The van der Waals surface area contributed by atoms with Gasteiger partial charge in [-0.05, 0) is 11.1 Å². The first-order valence-electron chi connectivity index (χ1n) is 4.00. The fourth-order valence-corrected chi connectivity index (χ4v) is 1.05. The van der Waals surface area contributed by atoms with E-state index in [1.807, 2.05) is 17.1 Å². The van der Waals surface area contributed by atoms with Crippen molar-refractivity contribution in [3.05, 3.63) is 23.3 Å². The summed E-state index contributed by atoms with van der Waals surface area (Å²) >= 11 is 3.19. The molecule has 0 aromatic rings. The summed E-state index contributed by atoms with van der Waals surface area (Å²) in [4.78, 5) is 1.82. The zero-order chi connectivity index (χ0) is 9.45. The van der Waals surface area contributed by atoms with Crippen molar-refractivity contribution in [1.29, 1.82) is 0 Å². The van der Waals surface area contributed by atoms with Gasteiger partial charge in [0.15, 0.2) is 0 Å². The summed E-state index contributed by atoms with van der Waals surface area (Å²) in [6, 6.07) is 0. The molecule has 0 rings (SSSR count). The number of hydrogen-bond donors (Lipinski definition) is 1. The molecule has 70 valence electrons. The number of halogens is 1. The third-order valence-electron chi connectivity index (χ3n) is 1.57. The Bertz CT molecular complexity index is 164. The number of nitrogens with zero attached hydrogens (tertiary/aromatic N) is 1. The maximum atomic E-state index is 8.65. The fraction of sp³-hybridized carbons (Fsp3) is 0.556. The molecule has 0 radical (unpaired) electrons. The van der Waals surface area contributed by atoms with E-state index in [0.29, 0.717) is 0 Å². The van der Waals surface area contributed by atoms with Crippen LogP contribution in [-0.4, -0.2) is 36.8 Å². The maximum Gasteiger partial charge on any atom is 0.0954 e. The monoisotopic (exact) mass is 234 g/mol. The highest BCUT2D eigenvalue weighted by Crippen LogP contribution is 2.00. The number of allylic oxidation sites excluding steroid dienone is 2. The van der Waals surface area contributed by atoms with Crippen LogP contribution in [0.1, 0.15) is 6.42 Å². The molecule has 0 fully saturated rings. The van der Waals surface area contributed by atoms with Gasteiger partial charge in [-0.3, -0.25) is 0 Å². The number of aliphatic hydroxyl groups is 1. The van der Waals surface area contributed by atoms with Crippen molar-refractivity contribution in [3.63, 3.8) is 0 Å². The second-order valence-electron chi connectivity index (χ2n) is 3.24. The minimum absolute atomic E-state index is 0.268. The van der Waals surface area contributed by atoms with Crippen molar-refractivity contribution >= 4 is 15.9 Å². The van der Waals surface area contributed by atoms with Gasteiger partial charge in [0.05, 0.1) is 26.8 Å². The molecule has 0 aromatic heterocycles. The molecule has 0 unspecified atom stereocenters. The molecule has 0 bridgehead atoms. The van der Waals surface area contributed by atoms with Crippen LogP contribution in [0.5, 0.6) is 0 Å². The van der Waals surface area contributed by atoms with E-state index in [-0.39, 0.29) is 6.61 Å². The predicted octanol–water partition coefficient (Wildman–Crippen LogP) is 1.87. The van der Waals surface area contributed by atoms with Crippen LogP contribution in [0.25, 0.3) is 0 Å². The summed E-state index contributed by atoms with van der Waals surface area (Å²) in [6.07, 6.45) is 6.86. The van der Waals surface area contributed by atoms with Crippen LogP contribution in [0, 0.1) is 0 Å². The Morgan fingerprint density at radius 1 is 1.33 bits per heavy atom. The lowest BCUT2D eigenvalue weighted by Crippen LogP contribution is -2.34. The minimum atomic E-state index is 0.268. The lowest BCUT2D eigenvalue weighted by molar-refractivity contribution is -0.839. The molecule has 0 saturated carbocycles. The SMILES string of the molecule is C[N+](C)(/C=C/C=C/Br)CCCO. The van der Waals surface area contributed by atoms with Crippen LogP contribution in [0.3, 0.4) is 0 Å². The Morgan fingerprint density at radius 3 is 2.50 bits per heavy atom. The molecular formula is C9H17BrNO+. The number of rotatable bonds is 5. The molecule has 0 aromatic carbocycles. The second kappa shape index (κ2) is 6.40. The van der Waals surface area contributed by atoms with E-state index in [4.69, 9.17) is 5.11 Å². The van der Waals surface area contributed by atoms with Crippen molar-refractivity contribution in [2.24, 2.45) is 0 Å². The molecule has 0 aliphatic heterocycles. The predicted molar refractivity (Wildman–Crippen MR) is 55.9 cm³/mol. The van der Waals surface area contributed by atoms with Crippen molar-refractivity contribution in [2.45, 2.75) is 6.42 Å². The zero-order valence-electron chi connectivity index (χ0n) is 7.70. The Balaban J connectivity index is 3.85. The van der Waals surface area contributed by atoms with E-state index in [1.54, 1.807) is 0 Å². The molecule has 0 atom stereocenters. The van der Waals surface area contributed by atoms with Crippen LogP contribution in [0.4, 0.5) is 0 Å². The largest absolute Gasteiger partial charge is 0.396 e. The molecule has 1 N–H and O–H groups in total. The molecule has 0 amide bonds. The molecule has 0 heterocycles. The van der Waals surface area contributed by atoms with E-state index in [0.717, 1.165) is 17.4 Å². The summed E-state index contributed by atoms with van der Waals surface area (Å²) < 4.78 is 0.803. The van der Waals surface area contributed by atoms with E-state index in [2.05, 4.69) is 36.2 Å². The molecule has 3 heteroatoms. The van der Waals surface area contributed by atoms with Gasteiger partial charge in [0, 0.05) is 13.0 Å². The van der Waals surface area contributed by atoms with Gasteiger partial charge in [-0.2, -0.15) is 0 Å². The molecule has 0 aliphatic carbocycles. The van der Waals surface area contributed by atoms with E-state index >= 15 is 0 Å². The normalized spacial score (nSPS) is 13.3. The summed E-state index contributed by atoms with van der Waals surface area (Å²) in [5.74, 6) is 0. The third kappa shape index (κ3) is 6.58. The van der Waals surface area contributed by atoms with Crippen LogP contribution in [-0.2, 0) is 0 Å². The highest BCUT2D eigenvalue weighted by Gasteiger charge is 2.08. The summed E-state index contributed by atoms with van der Waals surface area (Å²) in [6.45, 7) is 1.23. The summed E-state index contributed by atoms with van der Waals surface area (Å²) in [7, 11) is 4.21. The van der Waals surface area contributed by atoms with E-state index in [9.17, 15) is 0 Å². The second-order valence-corrected chi connectivity index (χ2v) is 3.77. The topological polar surface area (TPSA) is 20.2 Å². The third-order valence-corrected chi connectivity index (χ3v) is 1.87. The molecule has 0 spiro atoms. The van der Waals surface area contributed by atoms with Crippen molar-refractivity contribution in [3.8, 4) is 0 Å². The van der Waals surface area contributed by atoms with Gasteiger partial charge in [-0.1, -0.05) is 22.0 Å². The summed E-state index contributed by atoms with van der Waals surface area (Å²) in [5, 5.41) is 8.65. The van der Waals surface area contributed by atoms with Crippen LogP contribution in [0.2, 0.25) is 0 Å². The van der Waals surface area contributed by atoms with Crippen LogP contribution < -0.4 is 0 Å². The first kappa shape index (κ1) is 11.9.